The highest BCUT2D eigenvalue weighted by Crippen LogP contribution is 2.27. The maximum Gasteiger partial charge on any atom is 0.305 e. The number of rotatable bonds is 53. The fourth-order valence-electron chi connectivity index (χ4n) is 10.6. The molecule has 1 aliphatic heterocycles. The van der Waals surface area contributed by atoms with Gasteiger partial charge < -0.3 is 39.9 Å². The predicted molar refractivity (Wildman–Crippen MR) is 304 cm³/mol. The van der Waals surface area contributed by atoms with E-state index >= 15 is 0 Å². The Balaban J connectivity index is 2.87. The first-order chi connectivity index (χ1) is 34.9. The molecule has 1 saturated heterocycles. The van der Waals surface area contributed by atoms with Gasteiger partial charge in [-0.25, -0.2) is 0 Å². The molecule has 0 spiro atoms. The van der Waals surface area contributed by atoms with Crippen molar-refractivity contribution in [3.8, 4) is 0 Å². The number of aliphatic hydroxyl groups is 3. The van der Waals surface area contributed by atoms with Crippen molar-refractivity contribution in [1.29, 1.82) is 0 Å². The minimum atomic E-state index is -0.0355. The van der Waals surface area contributed by atoms with Crippen LogP contribution in [0.4, 0.5) is 0 Å². The largest absolute Gasteiger partial charge is 0.514 e. The topological polar surface area (TPSA) is 115 Å². The molecule has 0 aromatic carbocycles. The van der Waals surface area contributed by atoms with E-state index in [0.717, 1.165) is 146 Å². The Hall–Kier alpha value is -2.55. The van der Waals surface area contributed by atoms with Gasteiger partial charge in [-0.15, -0.1) is 0 Å². The predicted octanol–water partition coefficient (Wildman–Crippen LogP) is 18.3. The smallest absolute Gasteiger partial charge is 0.305 e. The lowest BCUT2D eigenvalue weighted by Crippen LogP contribution is -2.42. The van der Waals surface area contributed by atoms with Gasteiger partial charge in [-0.1, -0.05) is 189 Å². The first kappa shape index (κ1) is 66.5. The Morgan fingerprint density at radius 3 is 1.54 bits per heavy atom. The highest BCUT2D eigenvalue weighted by atomic mass is 16.5. The van der Waals surface area contributed by atoms with Crippen LogP contribution in [0, 0.1) is 11.8 Å². The van der Waals surface area contributed by atoms with E-state index in [-0.39, 0.29) is 12.0 Å². The minimum Gasteiger partial charge on any atom is -0.514 e. The van der Waals surface area contributed by atoms with Crippen LogP contribution in [0.3, 0.4) is 0 Å². The molecule has 0 aromatic heterocycles. The molecule has 1 rings (SSSR count). The molecular formula is C62H119N3O6. The first-order valence-electron chi connectivity index (χ1n) is 30.9. The summed E-state index contributed by atoms with van der Waals surface area (Å²) in [5, 5.41) is 35.5. The monoisotopic (exact) mass is 1000 g/mol. The molecule has 418 valence electrons. The third kappa shape index (κ3) is 36.9. The zero-order valence-corrected chi connectivity index (χ0v) is 47.7. The van der Waals surface area contributed by atoms with Gasteiger partial charge in [-0.3, -0.25) is 4.79 Å². The van der Waals surface area contributed by atoms with Crippen LogP contribution in [-0.4, -0.2) is 83.1 Å². The van der Waals surface area contributed by atoms with Gasteiger partial charge in [0.25, 0.3) is 0 Å². The van der Waals surface area contributed by atoms with Crippen molar-refractivity contribution in [2.75, 3.05) is 45.9 Å². The second kappa shape index (κ2) is 49.7. The number of likely N-dealkylation sites (tertiary alicyclic amines) is 1. The lowest BCUT2D eigenvalue weighted by atomic mass is 9.96. The van der Waals surface area contributed by atoms with E-state index in [0.29, 0.717) is 31.5 Å². The number of nitrogens with zero attached hydrogens (tertiary/aromatic N) is 2. The highest BCUT2D eigenvalue weighted by molar-refractivity contribution is 5.69. The van der Waals surface area contributed by atoms with Crippen LogP contribution in [0.15, 0.2) is 35.9 Å². The number of carbonyl (C=O) groups excluding carboxylic acids is 1. The zero-order valence-electron chi connectivity index (χ0n) is 47.7. The maximum atomic E-state index is 12.7. The summed E-state index contributed by atoms with van der Waals surface area (Å²) in [6, 6.07) is -0.0355. The summed E-state index contributed by atoms with van der Waals surface area (Å²) in [5.74, 6) is 1.77. The van der Waals surface area contributed by atoms with Gasteiger partial charge in [0.2, 0.25) is 0 Å². The third-order valence-electron chi connectivity index (χ3n) is 15.3. The number of unbranched alkanes of at least 4 members (excludes halogenated alkanes) is 22. The molecule has 9 heteroatoms. The van der Waals surface area contributed by atoms with Crippen molar-refractivity contribution >= 4 is 5.97 Å². The van der Waals surface area contributed by atoms with Crippen LogP contribution >= 0.6 is 0 Å². The zero-order chi connectivity index (χ0) is 51.7. The summed E-state index contributed by atoms with van der Waals surface area (Å²) in [7, 11) is 0. The van der Waals surface area contributed by atoms with Crippen molar-refractivity contribution < 1.29 is 29.6 Å². The molecule has 3 unspecified atom stereocenters. The van der Waals surface area contributed by atoms with Crippen LogP contribution < -0.4 is 5.32 Å². The minimum absolute atomic E-state index is 0.0277. The lowest BCUT2D eigenvalue weighted by molar-refractivity contribution is -0.145. The number of nitrogens with one attached hydrogen (secondary N) is 1. The summed E-state index contributed by atoms with van der Waals surface area (Å²) in [6.45, 7) is 17.7. The lowest BCUT2D eigenvalue weighted by Gasteiger charge is -2.37. The van der Waals surface area contributed by atoms with Gasteiger partial charge in [0.15, 0.2) is 0 Å². The molecular weight excluding hydrogens is 883 g/mol. The van der Waals surface area contributed by atoms with Crippen LogP contribution in [0.25, 0.3) is 0 Å². The fourth-order valence-corrected chi connectivity index (χ4v) is 10.6. The summed E-state index contributed by atoms with van der Waals surface area (Å²) >= 11 is 0. The van der Waals surface area contributed by atoms with E-state index in [1.807, 2.05) is 0 Å². The van der Waals surface area contributed by atoms with Gasteiger partial charge in [0.1, 0.15) is 18.3 Å². The number of aliphatic hydroxyl groups excluding tert-OH is 3. The van der Waals surface area contributed by atoms with Gasteiger partial charge in [0.05, 0.1) is 31.2 Å². The van der Waals surface area contributed by atoms with E-state index in [4.69, 9.17) is 9.47 Å². The Kier molecular flexibility index (Phi) is 46.5. The van der Waals surface area contributed by atoms with E-state index in [1.54, 1.807) is 0 Å². The molecule has 1 fully saturated rings. The molecule has 1 aliphatic rings. The summed E-state index contributed by atoms with van der Waals surface area (Å²) in [5.41, 5.74) is 1.85. The van der Waals surface area contributed by atoms with Crippen molar-refractivity contribution in [1.82, 2.24) is 15.1 Å². The molecule has 0 aromatic rings. The molecule has 3 atom stereocenters. The van der Waals surface area contributed by atoms with Crippen molar-refractivity contribution in [3.63, 3.8) is 0 Å². The standard InChI is InChI=1S/C62H119N3O6/c1-6-11-16-19-26-33-46-63-60(53-68)61(44-37-49-64-47-35-36-48-64)65(50-34-27-21-20-25-32-45-62(69)71-55-57(39-15-10-5)41-29-18-13-8-3)58(51-66)42-30-23-22-24-31-43-59(52-67)70-54-56(38-14-9-4)40-28-17-12-7-2/h51-53,56-57,61,63,66-68H,6-50,54-55H2,1-5H3. The average molecular weight is 1000 g/mol. The van der Waals surface area contributed by atoms with Crippen molar-refractivity contribution in [2.24, 2.45) is 11.8 Å². The molecule has 9 nitrogen and oxygen atoms in total. The quantitative estimate of drug-likeness (QED) is 0.0269. The van der Waals surface area contributed by atoms with Crippen molar-refractivity contribution in [3.05, 3.63) is 35.9 Å². The Bertz CT molecular complexity index is 1270. The molecule has 0 amide bonds. The molecule has 0 radical (unpaired) electrons. The van der Waals surface area contributed by atoms with E-state index < -0.39 is 0 Å². The number of ether oxygens (including phenoxy) is 2. The molecule has 71 heavy (non-hydrogen) atoms. The second-order valence-corrected chi connectivity index (χ2v) is 21.7. The van der Waals surface area contributed by atoms with E-state index in [2.05, 4.69) is 49.7 Å². The maximum absolute atomic E-state index is 12.7. The van der Waals surface area contributed by atoms with Crippen LogP contribution in [0.1, 0.15) is 291 Å². The second-order valence-electron chi connectivity index (χ2n) is 21.7. The molecule has 0 aliphatic carbocycles. The Morgan fingerprint density at radius 1 is 0.507 bits per heavy atom. The van der Waals surface area contributed by atoms with E-state index in [9.17, 15) is 20.1 Å². The average Bonchev–Trinajstić information content (AvgIpc) is 3.91. The summed E-state index contributed by atoms with van der Waals surface area (Å²) in [4.78, 5) is 17.7. The first-order valence-corrected chi connectivity index (χ1v) is 30.9. The third-order valence-corrected chi connectivity index (χ3v) is 15.3. The van der Waals surface area contributed by atoms with Crippen LogP contribution in [0.5, 0.6) is 0 Å². The number of hydrogen-bond acceptors (Lipinski definition) is 9. The fraction of sp³-hybridized carbons (Fsp3) is 0.887. The number of hydrogen-bond donors (Lipinski definition) is 4. The summed E-state index contributed by atoms with van der Waals surface area (Å²) in [6.07, 6.45) is 49.1. The summed E-state index contributed by atoms with van der Waals surface area (Å²) < 4.78 is 12.0. The molecule has 4 N–H and O–H groups in total. The van der Waals surface area contributed by atoms with E-state index in [1.165, 1.54) is 173 Å². The molecule has 0 saturated carbocycles. The molecule has 1 heterocycles. The van der Waals surface area contributed by atoms with Gasteiger partial charge in [-0.2, -0.15) is 0 Å². The van der Waals surface area contributed by atoms with Gasteiger partial charge in [0, 0.05) is 31.6 Å². The Labute approximate surface area is 440 Å². The normalized spacial score (nSPS) is 15.0. The highest BCUT2D eigenvalue weighted by Gasteiger charge is 2.26. The number of allylic oxidation sites excluding steroid dienone is 2. The van der Waals surface area contributed by atoms with Crippen LogP contribution in [0.2, 0.25) is 0 Å². The Morgan fingerprint density at radius 2 is 0.986 bits per heavy atom. The van der Waals surface area contributed by atoms with Crippen LogP contribution in [-0.2, 0) is 14.3 Å². The number of esters is 1. The number of carbonyl (C=O) groups is 1. The van der Waals surface area contributed by atoms with Crippen molar-refractivity contribution in [2.45, 2.75) is 297 Å². The SMILES string of the molecule is CCCCCCCCNC(=CO)C(CCCN1CCCC1)N(CCCCCCCCC(=O)OCC(CCCC)CCCCCC)C(=CO)CCCCCCCC(=CO)OCC(CCCC)CCCCCC. The van der Waals surface area contributed by atoms with Gasteiger partial charge in [-0.05, 0) is 121 Å². The molecule has 0 bridgehead atoms. The van der Waals surface area contributed by atoms with Gasteiger partial charge >= 0.3 is 5.97 Å².